The topological polar surface area (TPSA) is 26.3 Å². The molecule has 0 aliphatic rings. The normalized spacial score (nSPS) is 9.57. The van der Waals surface area contributed by atoms with E-state index in [9.17, 15) is 4.79 Å². The average Bonchev–Trinajstić information content (AvgIpc) is 2.20. The molecule has 0 aromatic heterocycles. The van der Waals surface area contributed by atoms with Crippen LogP contribution in [0.3, 0.4) is 0 Å². The third kappa shape index (κ3) is 2.57. The Bertz CT molecular complexity index is 358. The van der Waals surface area contributed by atoms with Crippen LogP contribution in [0.5, 0.6) is 5.75 Å². The number of hydrogen-bond acceptors (Lipinski definition) is 2. The van der Waals surface area contributed by atoms with E-state index in [2.05, 4.69) is 29.2 Å². The molecule has 0 amide bonds. The first-order valence-corrected chi connectivity index (χ1v) is 5.38. The standard InChI is InChI=1S/C11H11IO2/c1-3-8-6-5-7-9(12)11(8)14-10(13)4-2/h4-7H,2-3H2,1H3. The van der Waals surface area contributed by atoms with Crippen molar-refractivity contribution in [2.75, 3.05) is 0 Å². The lowest BCUT2D eigenvalue weighted by molar-refractivity contribution is -0.129. The van der Waals surface area contributed by atoms with Crippen LogP contribution < -0.4 is 4.74 Å². The number of carbonyl (C=O) groups excluding carboxylic acids is 1. The minimum Gasteiger partial charge on any atom is -0.422 e. The molecule has 0 aliphatic heterocycles. The van der Waals surface area contributed by atoms with Crippen molar-refractivity contribution in [1.82, 2.24) is 0 Å². The average molecular weight is 302 g/mol. The molecule has 3 heteroatoms. The van der Waals surface area contributed by atoms with Gasteiger partial charge in [-0.15, -0.1) is 0 Å². The van der Waals surface area contributed by atoms with Gasteiger partial charge in [0.05, 0.1) is 3.57 Å². The first-order chi connectivity index (χ1) is 6.69. The molecule has 2 nitrogen and oxygen atoms in total. The minimum absolute atomic E-state index is 0.413. The molecular weight excluding hydrogens is 291 g/mol. The Balaban J connectivity index is 3.04. The third-order valence-electron chi connectivity index (χ3n) is 1.80. The van der Waals surface area contributed by atoms with Crippen molar-refractivity contribution < 1.29 is 9.53 Å². The van der Waals surface area contributed by atoms with Gasteiger partial charge in [-0.3, -0.25) is 0 Å². The van der Waals surface area contributed by atoms with Crippen molar-refractivity contribution in [2.24, 2.45) is 0 Å². The minimum atomic E-state index is -0.413. The highest BCUT2D eigenvalue weighted by Crippen LogP contribution is 2.26. The molecule has 74 valence electrons. The first-order valence-electron chi connectivity index (χ1n) is 4.30. The summed E-state index contributed by atoms with van der Waals surface area (Å²) in [5.74, 6) is 0.240. The predicted molar refractivity (Wildman–Crippen MR) is 64.4 cm³/mol. The number of aryl methyl sites for hydroxylation is 1. The molecule has 0 fully saturated rings. The molecule has 0 bridgehead atoms. The fraction of sp³-hybridized carbons (Fsp3) is 0.182. The van der Waals surface area contributed by atoms with E-state index in [1.54, 1.807) is 0 Å². The van der Waals surface area contributed by atoms with Gasteiger partial charge in [0.25, 0.3) is 0 Å². The highest BCUT2D eigenvalue weighted by Gasteiger charge is 2.08. The Morgan fingerprint density at radius 3 is 2.93 bits per heavy atom. The number of halogens is 1. The highest BCUT2D eigenvalue weighted by atomic mass is 127. The Morgan fingerprint density at radius 1 is 1.64 bits per heavy atom. The van der Waals surface area contributed by atoms with Crippen LogP contribution in [-0.2, 0) is 11.2 Å². The molecule has 1 rings (SSSR count). The van der Waals surface area contributed by atoms with Gasteiger partial charge in [-0.25, -0.2) is 4.79 Å². The van der Waals surface area contributed by atoms with E-state index in [-0.39, 0.29) is 0 Å². The Kier molecular flexibility index (Phi) is 4.13. The molecule has 1 aromatic rings. The van der Waals surface area contributed by atoms with Crippen LogP contribution in [0.25, 0.3) is 0 Å². The lowest BCUT2D eigenvalue weighted by Gasteiger charge is -2.08. The van der Waals surface area contributed by atoms with Gasteiger partial charge in [-0.2, -0.15) is 0 Å². The molecule has 0 radical (unpaired) electrons. The summed E-state index contributed by atoms with van der Waals surface area (Å²) in [6.07, 6.45) is 2.01. The smallest absolute Gasteiger partial charge is 0.335 e. The van der Waals surface area contributed by atoms with Gasteiger partial charge in [0.2, 0.25) is 0 Å². The second-order valence-corrected chi connectivity index (χ2v) is 3.87. The fourth-order valence-corrected chi connectivity index (χ4v) is 1.75. The van der Waals surface area contributed by atoms with Gasteiger partial charge < -0.3 is 4.74 Å². The van der Waals surface area contributed by atoms with Gasteiger partial charge >= 0.3 is 5.97 Å². The van der Waals surface area contributed by atoms with E-state index < -0.39 is 5.97 Å². The van der Waals surface area contributed by atoms with Crippen molar-refractivity contribution in [3.05, 3.63) is 40.0 Å². The molecule has 0 saturated carbocycles. The van der Waals surface area contributed by atoms with Crippen LogP contribution >= 0.6 is 22.6 Å². The van der Waals surface area contributed by atoms with Gasteiger partial charge in [-0.1, -0.05) is 25.6 Å². The van der Waals surface area contributed by atoms with Crippen molar-refractivity contribution in [3.63, 3.8) is 0 Å². The molecule has 0 aliphatic carbocycles. The van der Waals surface area contributed by atoms with Gasteiger partial charge in [0.1, 0.15) is 5.75 Å². The van der Waals surface area contributed by atoms with Crippen LogP contribution in [0, 0.1) is 3.57 Å². The van der Waals surface area contributed by atoms with Crippen LogP contribution in [-0.4, -0.2) is 5.97 Å². The molecule has 0 heterocycles. The van der Waals surface area contributed by atoms with Crippen LogP contribution in [0.4, 0.5) is 0 Å². The quantitative estimate of drug-likeness (QED) is 0.371. The number of ether oxygens (including phenoxy) is 1. The van der Waals surface area contributed by atoms with E-state index in [1.807, 2.05) is 25.1 Å². The molecule has 0 N–H and O–H groups in total. The largest absolute Gasteiger partial charge is 0.422 e. The number of hydrogen-bond donors (Lipinski definition) is 0. The van der Waals surface area contributed by atoms with E-state index in [4.69, 9.17) is 4.74 Å². The number of para-hydroxylation sites is 1. The summed E-state index contributed by atoms with van der Waals surface area (Å²) in [5, 5.41) is 0. The maximum Gasteiger partial charge on any atom is 0.335 e. The van der Waals surface area contributed by atoms with Gasteiger partial charge in [0.15, 0.2) is 0 Å². The SMILES string of the molecule is C=CC(=O)Oc1c(I)cccc1CC. The summed E-state index contributed by atoms with van der Waals surface area (Å²) in [6.45, 7) is 5.39. The van der Waals surface area contributed by atoms with Crippen molar-refractivity contribution >= 4 is 28.6 Å². The van der Waals surface area contributed by atoms with E-state index in [0.29, 0.717) is 5.75 Å². The maximum absolute atomic E-state index is 11.1. The predicted octanol–water partition coefficient (Wildman–Crippen LogP) is 2.95. The zero-order chi connectivity index (χ0) is 10.6. The van der Waals surface area contributed by atoms with Crippen molar-refractivity contribution in [2.45, 2.75) is 13.3 Å². The summed E-state index contributed by atoms with van der Waals surface area (Å²) in [4.78, 5) is 11.1. The number of esters is 1. The summed E-state index contributed by atoms with van der Waals surface area (Å²) < 4.78 is 6.09. The molecule has 14 heavy (non-hydrogen) atoms. The lowest BCUT2D eigenvalue weighted by Crippen LogP contribution is -2.06. The summed E-state index contributed by atoms with van der Waals surface area (Å²) in [6, 6.07) is 5.81. The summed E-state index contributed by atoms with van der Waals surface area (Å²) in [7, 11) is 0. The first kappa shape index (κ1) is 11.2. The lowest BCUT2D eigenvalue weighted by atomic mass is 10.1. The van der Waals surface area contributed by atoms with Gasteiger partial charge in [0, 0.05) is 6.08 Å². The monoisotopic (exact) mass is 302 g/mol. The van der Waals surface area contributed by atoms with E-state index >= 15 is 0 Å². The zero-order valence-corrected chi connectivity index (χ0v) is 10.1. The van der Waals surface area contributed by atoms with Crippen LogP contribution in [0.15, 0.2) is 30.9 Å². The molecule has 1 aromatic carbocycles. The Labute approximate surface area is 97.1 Å². The Morgan fingerprint density at radius 2 is 2.36 bits per heavy atom. The number of rotatable bonds is 3. The fourth-order valence-electron chi connectivity index (χ4n) is 1.09. The summed E-state index contributed by atoms with van der Waals surface area (Å²) >= 11 is 2.15. The zero-order valence-electron chi connectivity index (χ0n) is 7.92. The van der Waals surface area contributed by atoms with E-state index in [1.165, 1.54) is 6.08 Å². The molecule has 0 atom stereocenters. The second-order valence-electron chi connectivity index (χ2n) is 2.71. The highest BCUT2D eigenvalue weighted by molar-refractivity contribution is 14.1. The van der Waals surface area contributed by atoms with Crippen molar-refractivity contribution in [1.29, 1.82) is 0 Å². The second kappa shape index (κ2) is 5.14. The molecule has 0 spiro atoms. The summed E-state index contributed by atoms with van der Waals surface area (Å²) in [5.41, 5.74) is 1.03. The van der Waals surface area contributed by atoms with E-state index in [0.717, 1.165) is 15.6 Å². The number of carbonyl (C=O) groups is 1. The molecular formula is C11H11IO2. The third-order valence-corrected chi connectivity index (χ3v) is 2.65. The van der Waals surface area contributed by atoms with Crippen LogP contribution in [0.2, 0.25) is 0 Å². The Hall–Kier alpha value is -0.840. The van der Waals surface area contributed by atoms with Crippen molar-refractivity contribution in [3.8, 4) is 5.75 Å². The molecule has 0 saturated heterocycles. The maximum atomic E-state index is 11.1. The number of benzene rings is 1. The van der Waals surface area contributed by atoms with Crippen LogP contribution in [0.1, 0.15) is 12.5 Å². The molecule has 0 unspecified atom stereocenters. The van der Waals surface area contributed by atoms with Gasteiger partial charge in [-0.05, 0) is 40.6 Å².